The number of nitrogens with two attached hydrogens (primary N) is 1. The van der Waals surface area contributed by atoms with Gasteiger partial charge in [0.25, 0.3) is 5.91 Å². The highest BCUT2D eigenvalue weighted by Gasteiger charge is 2.25. The Morgan fingerprint density at radius 1 is 1.00 bits per heavy atom. The third kappa shape index (κ3) is 8.17. The number of ether oxygens (including phenoxy) is 1. The second-order valence-electron chi connectivity index (χ2n) is 10.1. The van der Waals surface area contributed by atoms with E-state index in [0.717, 1.165) is 16.7 Å². The number of aliphatic hydroxyl groups excluding tert-OH is 1. The van der Waals surface area contributed by atoms with Crippen molar-refractivity contribution in [3.63, 3.8) is 0 Å². The molecule has 0 aliphatic carbocycles. The first-order valence-electron chi connectivity index (χ1n) is 13.1. The Morgan fingerprint density at radius 3 is 2.46 bits per heavy atom. The van der Waals surface area contributed by atoms with Gasteiger partial charge in [0.15, 0.2) is 0 Å². The molecule has 210 valence electrons. The Labute approximate surface area is 250 Å². The molecule has 4 N–H and O–H groups in total. The van der Waals surface area contributed by atoms with Crippen molar-refractivity contribution < 1.29 is 14.6 Å². The van der Waals surface area contributed by atoms with Crippen molar-refractivity contribution in [3.05, 3.63) is 129 Å². The minimum Gasteiger partial charge on any atom is -0.394 e. The number of hydrogen-bond acceptors (Lipinski definition) is 5. The lowest BCUT2D eigenvalue weighted by atomic mass is 9.93. The summed E-state index contributed by atoms with van der Waals surface area (Å²) in [7, 11) is 0. The average molecular weight is 589 g/mol. The van der Waals surface area contributed by atoms with Crippen LogP contribution in [0.15, 0.2) is 91.0 Å². The van der Waals surface area contributed by atoms with E-state index in [9.17, 15) is 15.2 Å². The zero-order chi connectivity index (χ0) is 29.4. The van der Waals surface area contributed by atoms with E-state index >= 15 is 0 Å². The number of nitrogens with one attached hydrogen (secondary N) is 1. The van der Waals surface area contributed by atoms with Crippen LogP contribution >= 0.6 is 23.2 Å². The summed E-state index contributed by atoms with van der Waals surface area (Å²) in [5.41, 5.74) is 10.3. The summed E-state index contributed by atoms with van der Waals surface area (Å²) in [4.78, 5) is 13.4. The van der Waals surface area contributed by atoms with Gasteiger partial charge in [0.05, 0.1) is 43.0 Å². The van der Waals surface area contributed by atoms with Crippen LogP contribution in [0.2, 0.25) is 10.0 Å². The van der Waals surface area contributed by atoms with Crippen LogP contribution in [0.1, 0.15) is 45.6 Å². The molecule has 2 unspecified atom stereocenters. The van der Waals surface area contributed by atoms with E-state index in [0.29, 0.717) is 38.7 Å². The normalized spacial score (nSPS) is 13.2. The molecule has 6 nitrogen and oxygen atoms in total. The molecular formula is C33H31Cl2N3O3. The molecule has 1 amide bonds. The minimum absolute atomic E-state index is 0.0818. The molecule has 0 aliphatic rings. The van der Waals surface area contributed by atoms with Crippen molar-refractivity contribution in [2.24, 2.45) is 5.73 Å². The third-order valence-corrected chi connectivity index (χ3v) is 7.24. The first-order valence-corrected chi connectivity index (χ1v) is 13.9. The van der Waals surface area contributed by atoms with Gasteiger partial charge in [-0.15, -0.1) is 0 Å². The number of nitriles is 1. The summed E-state index contributed by atoms with van der Waals surface area (Å²) in [5.74, 6) is -0.277. The molecule has 8 heteroatoms. The van der Waals surface area contributed by atoms with E-state index < -0.39 is 5.54 Å². The molecule has 0 aliphatic heterocycles. The fourth-order valence-corrected chi connectivity index (χ4v) is 4.89. The second-order valence-corrected chi connectivity index (χ2v) is 11.0. The number of amides is 1. The van der Waals surface area contributed by atoms with Crippen molar-refractivity contribution in [3.8, 4) is 17.2 Å². The molecule has 0 fully saturated rings. The van der Waals surface area contributed by atoms with Gasteiger partial charge in [-0.05, 0) is 89.7 Å². The zero-order valence-corrected chi connectivity index (χ0v) is 24.1. The Balaban J connectivity index is 1.57. The van der Waals surface area contributed by atoms with E-state index in [1.807, 2.05) is 55.5 Å². The van der Waals surface area contributed by atoms with Crippen LogP contribution in [-0.4, -0.2) is 29.8 Å². The molecule has 0 saturated heterocycles. The van der Waals surface area contributed by atoms with Gasteiger partial charge >= 0.3 is 0 Å². The predicted molar refractivity (Wildman–Crippen MR) is 163 cm³/mol. The molecule has 4 aromatic carbocycles. The quantitative estimate of drug-likeness (QED) is 0.186. The number of hydrogen-bond donors (Lipinski definition) is 3. The molecule has 0 aromatic heterocycles. The molecular weight excluding hydrogens is 557 g/mol. The van der Waals surface area contributed by atoms with E-state index in [1.165, 1.54) is 0 Å². The molecule has 0 bridgehead atoms. The fraction of sp³-hybridized carbons (Fsp3) is 0.212. The van der Waals surface area contributed by atoms with E-state index in [2.05, 4.69) is 11.4 Å². The Hall–Kier alpha value is -3.70. The number of carbonyl (C=O) groups is 1. The maximum atomic E-state index is 13.4. The van der Waals surface area contributed by atoms with E-state index in [4.69, 9.17) is 33.7 Å². The molecule has 4 rings (SSSR count). The minimum atomic E-state index is -1.01. The molecule has 4 aromatic rings. The van der Waals surface area contributed by atoms with Crippen molar-refractivity contribution in [1.29, 1.82) is 5.26 Å². The van der Waals surface area contributed by atoms with Gasteiger partial charge in [0.2, 0.25) is 0 Å². The third-order valence-electron chi connectivity index (χ3n) is 6.75. The van der Waals surface area contributed by atoms with Crippen LogP contribution in [0.5, 0.6) is 0 Å². The van der Waals surface area contributed by atoms with Gasteiger partial charge in [-0.2, -0.15) is 5.26 Å². The number of nitrogens with zero attached hydrogens (tertiary/aromatic N) is 1. The topological polar surface area (TPSA) is 108 Å². The van der Waals surface area contributed by atoms with Gasteiger partial charge < -0.3 is 20.9 Å². The van der Waals surface area contributed by atoms with Gasteiger partial charge in [-0.3, -0.25) is 4.79 Å². The highest BCUT2D eigenvalue weighted by molar-refractivity contribution is 6.30. The van der Waals surface area contributed by atoms with Gasteiger partial charge in [-0.25, -0.2) is 0 Å². The number of aliphatic hydroxyl groups is 1. The van der Waals surface area contributed by atoms with Crippen LogP contribution in [-0.2, 0) is 17.8 Å². The summed E-state index contributed by atoms with van der Waals surface area (Å²) >= 11 is 12.1. The first-order chi connectivity index (χ1) is 19.7. The average Bonchev–Trinajstić information content (AvgIpc) is 2.98. The van der Waals surface area contributed by atoms with E-state index in [1.54, 1.807) is 42.5 Å². The predicted octanol–water partition coefficient (Wildman–Crippen LogP) is 6.47. The molecule has 0 heterocycles. The van der Waals surface area contributed by atoms with Crippen molar-refractivity contribution >= 4 is 29.1 Å². The highest BCUT2D eigenvalue weighted by Crippen LogP contribution is 2.27. The summed E-state index contributed by atoms with van der Waals surface area (Å²) in [6.07, 6.45) is 0.394. The number of benzene rings is 4. The van der Waals surface area contributed by atoms with Crippen molar-refractivity contribution in [1.82, 2.24) is 5.32 Å². The monoisotopic (exact) mass is 587 g/mol. The van der Waals surface area contributed by atoms with Crippen LogP contribution in [0.4, 0.5) is 0 Å². The highest BCUT2D eigenvalue weighted by atomic mass is 35.5. The Morgan fingerprint density at radius 2 is 1.76 bits per heavy atom. The maximum absolute atomic E-state index is 13.4. The number of rotatable bonds is 11. The smallest absolute Gasteiger partial charge is 0.251 e. The van der Waals surface area contributed by atoms with Crippen LogP contribution in [0.3, 0.4) is 0 Å². The van der Waals surface area contributed by atoms with Crippen molar-refractivity contribution in [2.75, 3.05) is 13.2 Å². The standard InChI is InChI=1S/C33H31Cl2N3O3/c1-22(25-6-4-7-30(35)16-25)38-32(40)28-14-24(13-27(15-28)31-8-3-2-5-26(31)18-36)19-41-21-33(37,20-39)17-23-9-11-29(34)12-10-23/h2-16,22,39H,17,19-21,37H2,1H3,(H,38,40). The molecule has 41 heavy (non-hydrogen) atoms. The van der Waals surface area contributed by atoms with Crippen LogP contribution in [0, 0.1) is 11.3 Å². The Bertz CT molecular complexity index is 1550. The lowest BCUT2D eigenvalue weighted by Crippen LogP contribution is -2.50. The number of halogens is 2. The maximum Gasteiger partial charge on any atom is 0.251 e. The van der Waals surface area contributed by atoms with E-state index in [-0.39, 0.29) is 31.8 Å². The van der Waals surface area contributed by atoms with Crippen LogP contribution < -0.4 is 11.1 Å². The molecule has 0 saturated carbocycles. The summed E-state index contributed by atoms with van der Waals surface area (Å²) in [6.45, 7) is 1.84. The van der Waals surface area contributed by atoms with Gasteiger partial charge in [0.1, 0.15) is 0 Å². The Kier molecular flexibility index (Phi) is 10.2. The lowest BCUT2D eigenvalue weighted by molar-refractivity contribution is 0.0457. The van der Waals surface area contributed by atoms with Crippen molar-refractivity contribution in [2.45, 2.75) is 31.5 Å². The first kappa shape index (κ1) is 30.3. The van der Waals surface area contributed by atoms with Crippen LogP contribution in [0.25, 0.3) is 11.1 Å². The molecule has 0 radical (unpaired) electrons. The lowest BCUT2D eigenvalue weighted by Gasteiger charge is -2.27. The number of carbonyl (C=O) groups excluding carboxylic acids is 1. The SMILES string of the molecule is CC(NC(=O)c1cc(COCC(N)(CO)Cc2ccc(Cl)cc2)cc(-c2ccccc2C#N)c1)c1cccc(Cl)c1. The molecule has 0 spiro atoms. The summed E-state index contributed by atoms with van der Waals surface area (Å²) < 4.78 is 6.00. The molecule has 2 atom stereocenters. The largest absolute Gasteiger partial charge is 0.394 e. The summed E-state index contributed by atoms with van der Waals surface area (Å²) in [6, 6.07) is 29.2. The van der Waals surface area contributed by atoms with Gasteiger partial charge in [0, 0.05) is 15.6 Å². The summed E-state index contributed by atoms with van der Waals surface area (Å²) in [5, 5.41) is 24.0. The second kappa shape index (κ2) is 13.8. The zero-order valence-electron chi connectivity index (χ0n) is 22.6. The fourth-order valence-electron chi connectivity index (χ4n) is 4.57. The van der Waals surface area contributed by atoms with Gasteiger partial charge in [-0.1, -0.05) is 65.7 Å².